The molecule has 2 heterocycles. The Hall–Kier alpha value is -2.23. The third kappa shape index (κ3) is 3.25. The minimum atomic E-state index is -0.355. The van der Waals surface area contributed by atoms with Gasteiger partial charge in [0.05, 0.1) is 22.6 Å². The fraction of sp³-hybridized carbons (Fsp3) is 0.278. The highest BCUT2D eigenvalue weighted by Gasteiger charge is 2.42. The zero-order valence-corrected chi connectivity index (χ0v) is 16.3. The van der Waals surface area contributed by atoms with Gasteiger partial charge in [0.15, 0.2) is 17.4 Å². The maximum absolute atomic E-state index is 13.6. The predicted molar refractivity (Wildman–Crippen MR) is 107 cm³/mol. The van der Waals surface area contributed by atoms with Crippen LogP contribution in [0.25, 0.3) is 0 Å². The summed E-state index contributed by atoms with van der Waals surface area (Å²) in [6.45, 7) is 0. The minimum Gasteiger partial charge on any atom is -0.494 e. The molecule has 8 heteroatoms. The smallest absolute Gasteiger partial charge is 0.220 e. The van der Waals surface area contributed by atoms with E-state index in [2.05, 4.69) is 20.0 Å². The van der Waals surface area contributed by atoms with Crippen molar-refractivity contribution < 1.29 is 13.9 Å². The van der Waals surface area contributed by atoms with Crippen LogP contribution < -0.4 is 9.47 Å². The molecule has 2 unspecified atom stereocenters. The van der Waals surface area contributed by atoms with Gasteiger partial charge in [-0.15, -0.1) is 0 Å². The number of amidine groups is 1. The first-order valence-corrected chi connectivity index (χ1v) is 10.5. The average molecular weight is 466 g/mol. The molecule has 0 bridgehead atoms. The minimum absolute atomic E-state index is 0.190. The van der Waals surface area contributed by atoms with Crippen molar-refractivity contribution in [2.75, 3.05) is 14.2 Å². The zero-order chi connectivity index (χ0) is 18.1. The predicted octanol–water partition coefficient (Wildman–Crippen LogP) is 3.42. The van der Waals surface area contributed by atoms with Gasteiger partial charge in [-0.05, 0) is 36.0 Å². The standard InChI is InChI=1S/C18H16FIN4O2/c1-25-15-5-10(3-4-14(15)19)11-6-12(11)13-7-21-17(24-18(13)26-2)16-22-8-20-9-23-16/h3-5,7-9,11-12H,6H2,1-2H3. The van der Waals surface area contributed by atoms with Crippen molar-refractivity contribution in [2.24, 2.45) is 9.98 Å². The molecule has 2 aromatic rings. The summed E-state index contributed by atoms with van der Waals surface area (Å²) in [6.07, 6.45) is 2.72. The molecule has 0 amide bonds. The summed E-state index contributed by atoms with van der Waals surface area (Å²) in [5.74, 6) is 1.93. The third-order valence-corrected chi connectivity index (χ3v) is 5.62. The molecule has 1 fully saturated rings. The van der Waals surface area contributed by atoms with Crippen LogP contribution in [0.4, 0.5) is 4.39 Å². The maximum atomic E-state index is 13.6. The van der Waals surface area contributed by atoms with Crippen LogP contribution in [0.1, 0.15) is 35.2 Å². The number of methoxy groups -OCH3 is 2. The topological polar surface area (TPSA) is 69.0 Å². The zero-order valence-electron chi connectivity index (χ0n) is 14.2. The van der Waals surface area contributed by atoms with E-state index in [1.807, 2.05) is 8.36 Å². The molecule has 0 spiro atoms. The number of hydrogen-bond donors (Lipinski definition) is 0. The van der Waals surface area contributed by atoms with Crippen LogP contribution in [-0.4, -0.2) is 38.4 Å². The van der Waals surface area contributed by atoms with Gasteiger partial charge in [-0.3, -0.25) is 0 Å². The van der Waals surface area contributed by atoms with Gasteiger partial charge >= 0.3 is 0 Å². The van der Waals surface area contributed by atoms with E-state index in [9.17, 15) is 4.39 Å². The lowest BCUT2D eigenvalue weighted by Gasteiger charge is -2.09. The van der Waals surface area contributed by atoms with Gasteiger partial charge in [0.1, 0.15) is 0 Å². The number of halogens is 2. The molecular formula is C18H16FIN4O2. The molecule has 26 heavy (non-hydrogen) atoms. The molecule has 0 saturated heterocycles. The first kappa shape index (κ1) is 17.2. The fourth-order valence-electron chi connectivity index (χ4n) is 3.04. The summed E-state index contributed by atoms with van der Waals surface area (Å²) in [4.78, 5) is 17.4. The number of ether oxygens (including phenoxy) is 2. The van der Waals surface area contributed by atoms with Gasteiger partial charge in [0, 0.05) is 11.8 Å². The summed E-state index contributed by atoms with van der Waals surface area (Å²) in [6, 6.07) is 5.00. The summed E-state index contributed by atoms with van der Waals surface area (Å²) < 4.78 is 27.9. The van der Waals surface area contributed by atoms with Crippen LogP contribution in [0, 0.1) is 5.82 Å². The van der Waals surface area contributed by atoms with Crippen molar-refractivity contribution in [1.29, 1.82) is 0 Å². The highest BCUT2D eigenvalue weighted by Crippen LogP contribution is 2.56. The van der Waals surface area contributed by atoms with Gasteiger partial charge < -0.3 is 9.47 Å². The lowest BCUT2D eigenvalue weighted by atomic mass is 10.1. The Labute approximate surface area is 160 Å². The molecule has 0 N–H and O–H groups in total. The SMILES string of the molecule is COc1cc(C2CC2c2cnc(C3=NC=IC=N3)nc2OC)ccc1F. The van der Waals surface area contributed by atoms with Crippen molar-refractivity contribution in [3.05, 3.63) is 47.2 Å². The second-order valence-corrected chi connectivity index (χ2v) is 7.74. The van der Waals surface area contributed by atoms with Crippen LogP contribution in [-0.2, 0) is 0 Å². The van der Waals surface area contributed by atoms with E-state index in [1.54, 1.807) is 25.4 Å². The Morgan fingerprint density at radius 2 is 2.08 bits per heavy atom. The summed E-state index contributed by atoms with van der Waals surface area (Å²) in [5, 5.41) is 0. The second-order valence-electron chi connectivity index (χ2n) is 5.90. The molecule has 1 aromatic heterocycles. The van der Waals surface area contributed by atoms with Crippen molar-refractivity contribution in [2.45, 2.75) is 18.3 Å². The van der Waals surface area contributed by atoms with Crippen molar-refractivity contribution in [1.82, 2.24) is 9.97 Å². The quantitative estimate of drug-likeness (QED) is 0.634. The molecule has 2 atom stereocenters. The van der Waals surface area contributed by atoms with Crippen LogP contribution >= 0.6 is 20.7 Å². The van der Waals surface area contributed by atoms with Gasteiger partial charge in [0.2, 0.25) is 11.7 Å². The Kier molecular flexibility index (Phi) is 4.75. The van der Waals surface area contributed by atoms with E-state index >= 15 is 0 Å². The summed E-state index contributed by atoms with van der Waals surface area (Å²) in [5.41, 5.74) is 1.99. The molecule has 6 nitrogen and oxygen atoms in total. The van der Waals surface area contributed by atoms with Crippen LogP contribution in [0.2, 0.25) is 0 Å². The number of nitrogens with zero attached hydrogens (tertiary/aromatic N) is 4. The highest BCUT2D eigenvalue weighted by atomic mass is 127. The lowest BCUT2D eigenvalue weighted by molar-refractivity contribution is 0.386. The number of benzene rings is 1. The molecule has 1 aliphatic heterocycles. The van der Waals surface area contributed by atoms with E-state index in [0.29, 0.717) is 17.5 Å². The van der Waals surface area contributed by atoms with E-state index < -0.39 is 0 Å². The number of rotatable bonds is 5. The van der Waals surface area contributed by atoms with Crippen molar-refractivity contribution >= 4 is 34.9 Å². The Morgan fingerprint density at radius 1 is 1.19 bits per heavy atom. The molecule has 0 radical (unpaired) electrons. The Bertz CT molecular complexity index is 945. The number of aliphatic imine (C=N–C) groups is 2. The van der Waals surface area contributed by atoms with Gasteiger partial charge in [-0.25, -0.2) is 19.4 Å². The van der Waals surface area contributed by atoms with Gasteiger partial charge in [-0.2, -0.15) is 4.98 Å². The largest absolute Gasteiger partial charge is 0.494 e. The summed E-state index contributed by atoms with van der Waals surface area (Å²) >= 11 is -0.190. The van der Waals surface area contributed by atoms with Gasteiger partial charge in [-0.1, -0.05) is 26.8 Å². The molecule has 2 aliphatic rings. The molecule has 1 aliphatic carbocycles. The van der Waals surface area contributed by atoms with Gasteiger partial charge in [0.25, 0.3) is 0 Å². The monoisotopic (exact) mass is 466 g/mol. The third-order valence-electron chi connectivity index (χ3n) is 4.42. The fourth-order valence-corrected chi connectivity index (χ4v) is 4.03. The lowest BCUT2D eigenvalue weighted by Crippen LogP contribution is -2.08. The number of hydrogen-bond acceptors (Lipinski definition) is 6. The molecular weight excluding hydrogens is 450 g/mol. The molecule has 1 aromatic carbocycles. The Balaban J connectivity index is 1.60. The average Bonchev–Trinajstić information content (AvgIpc) is 3.49. The van der Waals surface area contributed by atoms with E-state index in [0.717, 1.165) is 17.5 Å². The Morgan fingerprint density at radius 3 is 2.81 bits per heavy atom. The summed E-state index contributed by atoms with van der Waals surface area (Å²) in [7, 11) is 3.06. The highest BCUT2D eigenvalue weighted by molar-refractivity contribution is 14.2. The molecule has 4 rings (SSSR count). The van der Waals surface area contributed by atoms with E-state index in [-0.39, 0.29) is 44.1 Å². The first-order valence-electron chi connectivity index (χ1n) is 8.00. The molecule has 134 valence electrons. The van der Waals surface area contributed by atoms with Crippen molar-refractivity contribution in [3.8, 4) is 11.6 Å². The maximum Gasteiger partial charge on any atom is 0.220 e. The normalized spacial score (nSPS) is 21.0. The van der Waals surface area contributed by atoms with E-state index in [4.69, 9.17) is 9.47 Å². The van der Waals surface area contributed by atoms with Crippen LogP contribution in [0.5, 0.6) is 11.6 Å². The molecule has 1 saturated carbocycles. The van der Waals surface area contributed by atoms with Crippen LogP contribution in [0.3, 0.4) is 0 Å². The van der Waals surface area contributed by atoms with Crippen molar-refractivity contribution in [3.63, 3.8) is 0 Å². The first-order chi connectivity index (χ1) is 12.7. The second kappa shape index (κ2) is 7.18. The van der Waals surface area contributed by atoms with Crippen LogP contribution in [0.15, 0.2) is 34.4 Å². The van der Waals surface area contributed by atoms with E-state index in [1.165, 1.54) is 13.2 Å². The number of aromatic nitrogens is 2.